The fraction of sp³-hybridized carbons (Fsp3) is 0.227. The molecule has 1 amide bonds. The summed E-state index contributed by atoms with van der Waals surface area (Å²) in [5.74, 6) is -0.483. The number of benzene rings is 1. The smallest absolute Gasteiger partial charge is 0.256 e. The Balaban J connectivity index is 1.49. The van der Waals surface area contributed by atoms with Crippen molar-refractivity contribution >= 4 is 5.91 Å². The number of halogens is 1. The number of aromatic nitrogens is 6. The van der Waals surface area contributed by atoms with Crippen LogP contribution in [0.25, 0.3) is 17.1 Å². The van der Waals surface area contributed by atoms with Crippen molar-refractivity contribution in [1.82, 2.24) is 34.7 Å². The van der Waals surface area contributed by atoms with Gasteiger partial charge in [0.2, 0.25) is 0 Å². The molecule has 3 heterocycles. The fourth-order valence-corrected chi connectivity index (χ4v) is 3.28. The quantitative estimate of drug-likeness (QED) is 0.460. The largest absolute Gasteiger partial charge is 0.337 e. The molecule has 4 aromatic rings. The van der Waals surface area contributed by atoms with E-state index in [0.717, 1.165) is 5.56 Å². The Labute approximate surface area is 179 Å². The van der Waals surface area contributed by atoms with E-state index in [9.17, 15) is 9.18 Å². The summed E-state index contributed by atoms with van der Waals surface area (Å²) in [4.78, 5) is 20.5. The molecule has 0 aliphatic carbocycles. The number of rotatable bonds is 7. The maximum atomic E-state index is 13.3. The Morgan fingerprint density at radius 2 is 1.90 bits per heavy atom. The van der Waals surface area contributed by atoms with Crippen molar-refractivity contribution in [2.24, 2.45) is 0 Å². The molecule has 0 aliphatic rings. The number of amides is 1. The SMILES string of the molecule is CCN(CCn1ccc(-c2ccc(F)cn2)n1)C(=O)c1ccc(C)cc1-n1nccn1. The number of hydrogen-bond acceptors (Lipinski definition) is 5. The molecule has 0 radical (unpaired) electrons. The lowest BCUT2D eigenvalue weighted by molar-refractivity contribution is 0.0757. The molecule has 31 heavy (non-hydrogen) atoms. The van der Waals surface area contributed by atoms with E-state index < -0.39 is 0 Å². The molecule has 0 fully saturated rings. The standard InChI is InChI=1S/C22H22FN7O/c1-3-28(12-13-29-11-8-20(27-29)19-7-5-17(23)15-24-19)22(31)18-6-4-16(2)14-21(18)30-25-9-10-26-30/h4-11,14-15H,3,12-13H2,1-2H3. The van der Waals surface area contributed by atoms with E-state index in [1.807, 2.05) is 44.3 Å². The lowest BCUT2D eigenvalue weighted by Gasteiger charge is -2.22. The van der Waals surface area contributed by atoms with Crippen LogP contribution in [0.5, 0.6) is 0 Å². The average molecular weight is 419 g/mol. The summed E-state index contributed by atoms with van der Waals surface area (Å²) < 4.78 is 14.8. The number of likely N-dealkylation sites (N-methyl/N-ethyl adjacent to an activating group) is 1. The van der Waals surface area contributed by atoms with E-state index in [2.05, 4.69) is 20.3 Å². The molecule has 158 valence electrons. The van der Waals surface area contributed by atoms with Gasteiger partial charge in [0, 0.05) is 19.3 Å². The van der Waals surface area contributed by atoms with Crippen molar-refractivity contribution < 1.29 is 9.18 Å². The van der Waals surface area contributed by atoms with E-state index in [-0.39, 0.29) is 11.7 Å². The summed E-state index contributed by atoms with van der Waals surface area (Å²) in [6, 6.07) is 10.4. The van der Waals surface area contributed by atoms with Gasteiger partial charge in [0.25, 0.3) is 5.91 Å². The van der Waals surface area contributed by atoms with Gasteiger partial charge in [0.15, 0.2) is 0 Å². The number of aryl methyl sites for hydroxylation is 1. The Bertz CT molecular complexity index is 1170. The van der Waals surface area contributed by atoms with Gasteiger partial charge >= 0.3 is 0 Å². The summed E-state index contributed by atoms with van der Waals surface area (Å²) in [5.41, 5.74) is 3.46. The van der Waals surface area contributed by atoms with Crippen molar-refractivity contribution in [3.05, 3.63) is 78.1 Å². The first kappa shape index (κ1) is 20.4. The molecule has 0 saturated carbocycles. The molecule has 1 aromatic carbocycles. The fourth-order valence-electron chi connectivity index (χ4n) is 3.28. The van der Waals surface area contributed by atoms with E-state index in [4.69, 9.17) is 0 Å². The van der Waals surface area contributed by atoms with E-state index in [1.165, 1.54) is 17.1 Å². The van der Waals surface area contributed by atoms with Crippen molar-refractivity contribution in [3.63, 3.8) is 0 Å². The molecule has 0 saturated heterocycles. The first-order valence-corrected chi connectivity index (χ1v) is 9.97. The van der Waals surface area contributed by atoms with Crippen LogP contribution in [-0.2, 0) is 6.54 Å². The van der Waals surface area contributed by atoms with Crippen LogP contribution in [0, 0.1) is 12.7 Å². The van der Waals surface area contributed by atoms with Gasteiger partial charge in [0.05, 0.1) is 42.1 Å². The van der Waals surface area contributed by atoms with E-state index in [1.54, 1.807) is 28.0 Å². The molecular weight excluding hydrogens is 397 g/mol. The highest BCUT2D eigenvalue weighted by Gasteiger charge is 2.20. The van der Waals surface area contributed by atoms with Crippen molar-refractivity contribution in [1.29, 1.82) is 0 Å². The van der Waals surface area contributed by atoms with Crippen LogP contribution in [-0.4, -0.2) is 53.7 Å². The zero-order chi connectivity index (χ0) is 21.8. The molecule has 8 nitrogen and oxygen atoms in total. The normalized spacial score (nSPS) is 10.9. The summed E-state index contributed by atoms with van der Waals surface area (Å²) >= 11 is 0. The lowest BCUT2D eigenvalue weighted by atomic mass is 10.1. The van der Waals surface area contributed by atoms with Crippen LogP contribution < -0.4 is 0 Å². The van der Waals surface area contributed by atoms with Crippen molar-refractivity contribution in [2.75, 3.05) is 13.1 Å². The minimum Gasteiger partial charge on any atom is -0.337 e. The van der Waals surface area contributed by atoms with Gasteiger partial charge in [-0.3, -0.25) is 14.5 Å². The van der Waals surface area contributed by atoms with Gasteiger partial charge in [0.1, 0.15) is 11.5 Å². The van der Waals surface area contributed by atoms with Crippen LogP contribution in [0.15, 0.2) is 61.2 Å². The second kappa shape index (κ2) is 8.86. The maximum Gasteiger partial charge on any atom is 0.256 e. The molecule has 0 unspecified atom stereocenters. The summed E-state index contributed by atoms with van der Waals surface area (Å²) in [5, 5.41) is 12.8. The third kappa shape index (κ3) is 4.50. The highest BCUT2D eigenvalue weighted by Crippen LogP contribution is 2.18. The van der Waals surface area contributed by atoms with Crippen LogP contribution in [0.3, 0.4) is 0 Å². The number of pyridine rings is 1. The van der Waals surface area contributed by atoms with Gasteiger partial charge in [-0.1, -0.05) is 6.07 Å². The third-order valence-electron chi connectivity index (χ3n) is 4.92. The van der Waals surface area contributed by atoms with Crippen LogP contribution >= 0.6 is 0 Å². The van der Waals surface area contributed by atoms with Gasteiger partial charge in [-0.2, -0.15) is 20.1 Å². The van der Waals surface area contributed by atoms with Gasteiger partial charge in [-0.25, -0.2) is 4.39 Å². The molecule has 0 N–H and O–H groups in total. The minimum absolute atomic E-state index is 0.0950. The predicted octanol–water partition coefficient (Wildman–Crippen LogP) is 3.14. The van der Waals surface area contributed by atoms with Gasteiger partial charge in [-0.05, 0) is 49.7 Å². The Morgan fingerprint density at radius 3 is 2.61 bits per heavy atom. The number of carbonyl (C=O) groups is 1. The first-order valence-electron chi connectivity index (χ1n) is 9.97. The molecule has 0 aliphatic heterocycles. The number of carbonyl (C=O) groups excluding carboxylic acids is 1. The molecule has 9 heteroatoms. The first-order chi connectivity index (χ1) is 15.0. The maximum absolute atomic E-state index is 13.3. The van der Waals surface area contributed by atoms with Gasteiger partial charge < -0.3 is 4.90 Å². The van der Waals surface area contributed by atoms with E-state index in [0.29, 0.717) is 42.3 Å². The molecule has 0 spiro atoms. The van der Waals surface area contributed by atoms with Gasteiger partial charge in [-0.15, -0.1) is 0 Å². The Kier molecular flexibility index (Phi) is 5.83. The minimum atomic E-state index is -0.388. The van der Waals surface area contributed by atoms with Crippen LogP contribution in [0.1, 0.15) is 22.8 Å². The third-order valence-corrected chi connectivity index (χ3v) is 4.92. The molecular formula is C22H22FN7O. The second-order valence-electron chi connectivity index (χ2n) is 7.05. The van der Waals surface area contributed by atoms with Crippen molar-refractivity contribution in [2.45, 2.75) is 20.4 Å². The van der Waals surface area contributed by atoms with E-state index >= 15 is 0 Å². The molecule has 0 atom stereocenters. The average Bonchev–Trinajstić information content (AvgIpc) is 3.47. The molecule has 4 rings (SSSR count). The van der Waals surface area contributed by atoms with Crippen LogP contribution in [0.2, 0.25) is 0 Å². The zero-order valence-corrected chi connectivity index (χ0v) is 17.3. The zero-order valence-electron chi connectivity index (χ0n) is 17.3. The summed E-state index contributed by atoms with van der Waals surface area (Å²) in [6.07, 6.45) is 6.15. The molecule has 3 aromatic heterocycles. The summed E-state index contributed by atoms with van der Waals surface area (Å²) in [6.45, 7) is 5.44. The van der Waals surface area contributed by atoms with Crippen molar-refractivity contribution in [3.8, 4) is 17.1 Å². The predicted molar refractivity (Wildman–Crippen MR) is 113 cm³/mol. The Hall–Kier alpha value is -3.88. The molecule has 0 bridgehead atoms. The monoisotopic (exact) mass is 419 g/mol. The lowest BCUT2D eigenvalue weighted by Crippen LogP contribution is -2.34. The highest BCUT2D eigenvalue weighted by molar-refractivity contribution is 5.97. The highest BCUT2D eigenvalue weighted by atomic mass is 19.1. The topological polar surface area (TPSA) is 81.7 Å². The summed E-state index contributed by atoms with van der Waals surface area (Å²) in [7, 11) is 0. The van der Waals surface area contributed by atoms with Crippen LogP contribution in [0.4, 0.5) is 4.39 Å². The number of hydrogen-bond donors (Lipinski definition) is 0. The Morgan fingerprint density at radius 1 is 1.10 bits per heavy atom. The number of nitrogens with zero attached hydrogens (tertiary/aromatic N) is 7. The second-order valence-corrected chi connectivity index (χ2v) is 7.05.